The van der Waals surface area contributed by atoms with Crippen molar-refractivity contribution in [1.82, 2.24) is 4.90 Å². The van der Waals surface area contributed by atoms with Crippen LogP contribution in [0.2, 0.25) is 0 Å². The first kappa shape index (κ1) is 11.9. The minimum atomic E-state index is -0.893. The summed E-state index contributed by atoms with van der Waals surface area (Å²) in [5.41, 5.74) is -0.869. The van der Waals surface area contributed by atoms with Gasteiger partial charge in [-0.25, -0.2) is 0 Å². The Morgan fingerprint density at radius 2 is 1.85 bits per heavy atom. The standard InChI is InChI=1S/C9H16NO3/c1-9(2,8(12)13)6-5-7(11)10(3)4/h5H,6H2,1-4H3,(H,12,13). The summed E-state index contributed by atoms with van der Waals surface area (Å²) >= 11 is 0. The van der Waals surface area contributed by atoms with Crippen molar-refractivity contribution in [2.24, 2.45) is 5.41 Å². The Morgan fingerprint density at radius 3 is 2.15 bits per heavy atom. The summed E-state index contributed by atoms with van der Waals surface area (Å²) in [5, 5.41) is 8.75. The number of carboxylic acid groups (broad SMARTS) is 1. The molecule has 1 radical (unpaired) electrons. The van der Waals surface area contributed by atoms with Crippen molar-refractivity contribution in [3.05, 3.63) is 6.42 Å². The molecule has 0 saturated carbocycles. The molecule has 0 fully saturated rings. The summed E-state index contributed by atoms with van der Waals surface area (Å²) in [6.45, 7) is 3.18. The molecule has 0 aliphatic carbocycles. The van der Waals surface area contributed by atoms with Gasteiger partial charge >= 0.3 is 5.97 Å². The Labute approximate surface area is 78.5 Å². The molecule has 0 rings (SSSR count). The molecule has 13 heavy (non-hydrogen) atoms. The fraction of sp³-hybridized carbons (Fsp3) is 0.667. The van der Waals surface area contributed by atoms with Crippen LogP contribution in [0, 0.1) is 11.8 Å². The van der Waals surface area contributed by atoms with Gasteiger partial charge in [0.1, 0.15) is 0 Å². The lowest BCUT2D eigenvalue weighted by Crippen LogP contribution is -2.28. The number of aliphatic carboxylic acids is 1. The maximum absolute atomic E-state index is 11.1. The maximum atomic E-state index is 11.1. The van der Waals surface area contributed by atoms with Crippen molar-refractivity contribution in [1.29, 1.82) is 0 Å². The van der Waals surface area contributed by atoms with Crippen LogP contribution in [-0.2, 0) is 9.59 Å². The molecule has 1 amide bonds. The van der Waals surface area contributed by atoms with E-state index in [2.05, 4.69) is 0 Å². The molecule has 0 heterocycles. The molecule has 0 aromatic rings. The normalized spacial score (nSPS) is 11.1. The van der Waals surface area contributed by atoms with Gasteiger partial charge in [-0.15, -0.1) is 0 Å². The number of nitrogens with zero attached hydrogens (tertiary/aromatic N) is 1. The molecule has 4 nitrogen and oxygen atoms in total. The SMILES string of the molecule is CN(C)C(=O)[CH]CC(C)(C)C(=O)O. The Balaban J connectivity index is 4.03. The average molecular weight is 186 g/mol. The zero-order valence-corrected chi connectivity index (χ0v) is 8.50. The van der Waals surface area contributed by atoms with Crippen molar-refractivity contribution in [3.63, 3.8) is 0 Å². The summed E-state index contributed by atoms with van der Waals surface area (Å²) in [6, 6.07) is 0. The molecule has 0 saturated heterocycles. The van der Waals surface area contributed by atoms with E-state index < -0.39 is 11.4 Å². The third-order valence-corrected chi connectivity index (χ3v) is 1.81. The molecule has 0 bridgehead atoms. The van der Waals surface area contributed by atoms with Crippen LogP contribution in [0.3, 0.4) is 0 Å². The maximum Gasteiger partial charge on any atom is 0.309 e. The topological polar surface area (TPSA) is 57.6 Å². The van der Waals surface area contributed by atoms with Crippen LogP contribution in [0.1, 0.15) is 20.3 Å². The van der Waals surface area contributed by atoms with Crippen LogP contribution < -0.4 is 0 Å². The zero-order chi connectivity index (χ0) is 10.6. The van der Waals surface area contributed by atoms with Gasteiger partial charge in [-0.2, -0.15) is 0 Å². The van der Waals surface area contributed by atoms with Crippen LogP contribution in [0.5, 0.6) is 0 Å². The monoisotopic (exact) mass is 186 g/mol. The van der Waals surface area contributed by atoms with Crippen molar-refractivity contribution >= 4 is 11.9 Å². The summed E-state index contributed by atoms with van der Waals surface area (Å²) < 4.78 is 0. The van der Waals surface area contributed by atoms with Gasteiger partial charge in [0.15, 0.2) is 0 Å². The van der Waals surface area contributed by atoms with Crippen LogP contribution >= 0.6 is 0 Å². The van der Waals surface area contributed by atoms with E-state index in [9.17, 15) is 9.59 Å². The van der Waals surface area contributed by atoms with E-state index in [1.165, 1.54) is 11.3 Å². The second-order valence-electron chi connectivity index (χ2n) is 3.83. The molecule has 1 N–H and O–H groups in total. The van der Waals surface area contributed by atoms with Crippen molar-refractivity contribution in [3.8, 4) is 0 Å². The largest absolute Gasteiger partial charge is 0.481 e. The summed E-state index contributed by atoms with van der Waals surface area (Å²) in [4.78, 5) is 23.2. The molecule has 0 atom stereocenters. The average Bonchev–Trinajstić information content (AvgIpc) is 1.99. The lowest BCUT2D eigenvalue weighted by molar-refractivity contribution is -0.147. The third kappa shape index (κ3) is 3.92. The quantitative estimate of drug-likeness (QED) is 0.705. The minimum absolute atomic E-state index is 0.158. The van der Waals surface area contributed by atoms with Gasteiger partial charge in [-0.1, -0.05) is 0 Å². The summed E-state index contributed by atoms with van der Waals surface area (Å²) in [5.74, 6) is -1.05. The molecule has 0 aromatic carbocycles. The summed E-state index contributed by atoms with van der Waals surface area (Å²) in [7, 11) is 3.26. The molecule has 0 aliphatic heterocycles. The van der Waals surface area contributed by atoms with E-state index in [0.29, 0.717) is 0 Å². The minimum Gasteiger partial charge on any atom is -0.481 e. The van der Waals surface area contributed by atoms with E-state index in [4.69, 9.17) is 5.11 Å². The predicted octanol–water partition coefficient (Wildman–Crippen LogP) is 0.780. The van der Waals surface area contributed by atoms with Gasteiger partial charge in [0, 0.05) is 14.1 Å². The van der Waals surface area contributed by atoms with Crippen molar-refractivity contribution in [2.75, 3.05) is 14.1 Å². The van der Waals surface area contributed by atoms with Gasteiger partial charge < -0.3 is 10.0 Å². The number of carbonyl (C=O) groups excluding carboxylic acids is 1. The van der Waals surface area contributed by atoms with E-state index in [1.54, 1.807) is 27.9 Å². The molecule has 0 spiro atoms. The van der Waals surface area contributed by atoms with Gasteiger partial charge in [0.25, 0.3) is 0 Å². The third-order valence-electron chi connectivity index (χ3n) is 1.81. The highest BCUT2D eigenvalue weighted by Crippen LogP contribution is 2.21. The molecule has 75 valence electrons. The molecule has 4 heteroatoms. The van der Waals surface area contributed by atoms with E-state index >= 15 is 0 Å². The van der Waals surface area contributed by atoms with Crippen LogP contribution in [0.25, 0.3) is 0 Å². The van der Waals surface area contributed by atoms with Crippen LogP contribution in [-0.4, -0.2) is 36.0 Å². The fourth-order valence-electron chi connectivity index (χ4n) is 0.612. The van der Waals surface area contributed by atoms with Crippen LogP contribution in [0.4, 0.5) is 0 Å². The number of hydrogen-bond donors (Lipinski definition) is 1. The Morgan fingerprint density at radius 1 is 1.38 bits per heavy atom. The van der Waals surface area contributed by atoms with E-state index in [-0.39, 0.29) is 12.3 Å². The number of carboxylic acids is 1. The molecular weight excluding hydrogens is 170 g/mol. The summed E-state index contributed by atoms with van der Waals surface area (Å²) in [6.07, 6.45) is 1.65. The number of amides is 1. The molecular formula is C9H16NO3. The van der Waals surface area contributed by atoms with Gasteiger partial charge in [0.2, 0.25) is 5.91 Å². The number of hydrogen-bond acceptors (Lipinski definition) is 2. The first-order chi connectivity index (χ1) is 5.77. The highest BCUT2D eigenvalue weighted by atomic mass is 16.4. The molecule has 0 unspecified atom stereocenters. The smallest absolute Gasteiger partial charge is 0.309 e. The second-order valence-corrected chi connectivity index (χ2v) is 3.83. The van der Waals surface area contributed by atoms with E-state index in [1.807, 2.05) is 0 Å². The fourth-order valence-corrected chi connectivity index (χ4v) is 0.612. The van der Waals surface area contributed by atoms with Gasteiger partial charge in [-0.3, -0.25) is 9.59 Å². The molecule has 0 aliphatic rings. The number of rotatable bonds is 4. The molecule has 0 aromatic heterocycles. The Bertz CT molecular complexity index is 209. The Hall–Kier alpha value is -1.06. The first-order valence-corrected chi connectivity index (χ1v) is 4.05. The number of carbonyl (C=O) groups is 2. The lowest BCUT2D eigenvalue weighted by Gasteiger charge is -2.19. The lowest BCUT2D eigenvalue weighted by atomic mass is 9.88. The highest BCUT2D eigenvalue weighted by Gasteiger charge is 2.27. The van der Waals surface area contributed by atoms with Crippen molar-refractivity contribution in [2.45, 2.75) is 20.3 Å². The Kier molecular flexibility index (Phi) is 3.91. The van der Waals surface area contributed by atoms with Crippen LogP contribution in [0.15, 0.2) is 0 Å². The highest BCUT2D eigenvalue weighted by molar-refractivity contribution is 5.85. The predicted molar refractivity (Wildman–Crippen MR) is 49.0 cm³/mol. The zero-order valence-electron chi connectivity index (χ0n) is 8.50. The van der Waals surface area contributed by atoms with Gasteiger partial charge in [0.05, 0.1) is 11.8 Å². The first-order valence-electron chi connectivity index (χ1n) is 4.05. The van der Waals surface area contributed by atoms with E-state index in [0.717, 1.165) is 0 Å². The second kappa shape index (κ2) is 4.25. The van der Waals surface area contributed by atoms with Crippen molar-refractivity contribution < 1.29 is 14.7 Å². The van der Waals surface area contributed by atoms with Gasteiger partial charge in [-0.05, 0) is 20.3 Å².